The number of para-hydroxylation sites is 1. The lowest BCUT2D eigenvalue weighted by Crippen LogP contribution is -2.14. The SMILES string of the molecule is Cn1cc(-c2nnc(SCC(=O)O)[nH]c2=O)c2ccccc21. The molecule has 2 heterocycles. The summed E-state index contributed by atoms with van der Waals surface area (Å²) in [6.07, 6.45) is 1.83. The summed E-state index contributed by atoms with van der Waals surface area (Å²) in [5.74, 6) is -1.16. The number of hydrogen-bond acceptors (Lipinski definition) is 5. The first-order valence-electron chi connectivity index (χ1n) is 6.42. The first-order valence-corrected chi connectivity index (χ1v) is 7.41. The van der Waals surface area contributed by atoms with Crippen LogP contribution < -0.4 is 5.56 Å². The van der Waals surface area contributed by atoms with Gasteiger partial charge in [0.05, 0.1) is 5.75 Å². The van der Waals surface area contributed by atoms with Crippen LogP contribution in [0.2, 0.25) is 0 Å². The maximum Gasteiger partial charge on any atom is 0.313 e. The number of aliphatic carboxylic acids is 1. The van der Waals surface area contributed by atoms with Crippen LogP contribution in [0.1, 0.15) is 0 Å². The van der Waals surface area contributed by atoms with Crippen molar-refractivity contribution >= 4 is 28.6 Å². The molecule has 0 unspecified atom stereocenters. The van der Waals surface area contributed by atoms with E-state index in [2.05, 4.69) is 15.2 Å². The number of fused-ring (bicyclic) bond motifs is 1. The van der Waals surface area contributed by atoms with Crippen LogP contribution in [0.15, 0.2) is 40.4 Å². The summed E-state index contributed by atoms with van der Waals surface area (Å²) in [5, 5.41) is 17.6. The molecule has 0 bridgehead atoms. The predicted molar refractivity (Wildman–Crippen MR) is 82.9 cm³/mol. The molecule has 0 aliphatic carbocycles. The fourth-order valence-corrected chi connectivity index (χ4v) is 2.75. The summed E-state index contributed by atoms with van der Waals surface area (Å²) < 4.78 is 1.92. The summed E-state index contributed by atoms with van der Waals surface area (Å²) in [6.45, 7) is 0. The van der Waals surface area contributed by atoms with E-state index in [1.165, 1.54) is 0 Å². The summed E-state index contributed by atoms with van der Waals surface area (Å²) in [7, 11) is 1.89. The van der Waals surface area contributed by atoms with Gasteiger partial charge in [-0.05, 0) is 6.07 Å². The normalized spacial score (nSPS) is 11.0. The van der Waals surface area contributed by atoms with Gasteiger partial charge in [0.15, 0.2) is 10.9 Å². The number of nitrogens with zero attached hydrogens (tertiary/aromatic N) is 3. The average molecular weight is 316 g/mol. The fourth-order valence-electron chi connectivity index (χ4n) is 2.22. The van der Waals surface area contributed by atoms with Gasteiger partial charge in [-0.3, -0.25) is 14.6 Å². The van der Waals surface area contributed by atoms with Crippen LogP contribution in [0, 0.1) is 0 Å². The van der Waals surface area contributed by atoms with Crippen molar-refractivity contribution in [2.45, 2.75) is 5.16 Å². The van der Waals surface area contributed by atoms with Crippen LogP contribution in [-0.2, 0) is 11.8 Å². The Morgan fingerprint density at radius 1 is 1.36 bits per heavy atom. The van der Waals surface area contributed by atoms with Crippen LogP contribution in [0.3, 0.4) is 0 Å². The topological polar surface area (TPSA) is 101 Å². The Labute approximate surface area is 129 Å². The van der Waals surface area contributed by atoms with E-state index in [9.17, 15) is 9.59 Å². The van der Waals surface area contributed by atoms with E-state index < -0.39 is 5.97 Å². The zero-order valence-electron chi connectivity index (χ0n) is 11.6. The number of H-pyrrole nitrogens is 1. The van der Waals surface area contributed by atoms with Crippen LogP contribution >= 0.6 is 11.8 Å². The van der Waals surface area contributed by atoms with E-state index in [1.54, 1.807) is 0 Å². The second-order valence-corrected chi connectivity index (χ2v) is 5.63. The van der Waals surface area contributed by atoms with Gasteiger partial charge in [-0.2, -0.15) is 0 Å². The number of carboxylic acid groups (broad SMARTS) is 1. The minimum Gasteiger partial charge on any atom is -0.481 e. The molecule has 0 atom stereocenters. The quantitative estimate of drug-likeness (QED) is 0.707. The molecule has 2 aromatic heterocycles. The van der Waals surface area contributed by atoms with Crippen molar-refractivity contribution in [1.29, 1.82) is 0 Å². The van der Waals surface area contributed by atoms with Gasteiger partial charge < -0.3 is 9.67 Å². The third-order valence-electron chi connectivity index (χ3n) is 3.16. The van der Waals surface area contributed by atoms with Crippen molar-refractivity contribution in [1.82, 2.24) is 19.7 Å². The van der Waals surface area contributed by atoms with Crippen LogP contribution in [-0.4, -0.2) is 36.6 Å². The Balaban J connectivity index is 2.04. The first kappa shape index (κ1) is 14.3. The van der Waals surface area contributed by atoms with E-state index >= 15 is 0 Å². The number of aryl methyl sites for hydroxylation is 1. The summed E-state index contributed by atoms with van der Waals surface area (Å²) >= 11 is 0.922. The molecule has 0 radical (unpaired) electrons. The molecule has 1 aromatic carbocycles. The van der Waals surface area contributed by atoms with Crippen molar-refractivity contribution in [3.8, 4) is 11.3 Å². The number of rotatable bonds is 4. The van der Waals surface area contributed by atoms with Gasteiger partial charge in [0.25, 0.3) is 5.56 Å². The lowest BCUT2D eigenvalue weighted by atomic mass is 10.1. The third kappa shape index (κ3) is 2.60. The molecule has 0 saturated carbocycles. The molecule has 0 fully saturated rings. The van der Waals surface area contributed by atoms with Gasteiger partial charge in [0, 0.05) is 29.7 Å². The summed E-state index contributed by atoms with van der Waals surface area (Å²) in [5.41, 5.74) is 1.51. The van der Waals surface area contributed by atoms with Gasteiger partial charge >= 0.3 is 5.97 Å². The Morgan fingerprint density at radius 2 is 2.14 bits per heavy atom. The van der Waals surface area contributed by atoms with Crippen molar-refractivity contribution in [2.24, 2.45) is 7.05 Å². The molecular formula is C14H12N4O3S. The molecule has 0 aliphatic rings. The standard InChI is InChI=1S/C14H12N4O3S/c1-18-6-9(8-4-2-3-5-10(8)18)12-13(21)15-14(17-16-12)22-7-11(19)20/h2-6H,7H2,1H3,(H,19,20)(H,15,17,21). The lowest BCUT2D eigenvalue weighted by Gasteiger charge is -2.00. The van der Waals surface area contributed by atoms with Gasteiger partial charge in [-0.1, -0.05) is 30.0 Å². The molecule has 0 saturated heterocycles. The Morgan fingerprint density at radius 3 is 2.86 bits per heavy atom. The zero-order valence-corrected chi connectivity index (χ0v) is 12.4. The minimum atomic E-state index is -0.981. The number of carboxylic acids is 1. The maximum absolute atomic E-state index is 12.2. The zero-order chi connectivity index (χ0) is 15.7. The number of thioether (sulfide) groups is 1. The Bertz CT molecular complexity index is 916. The maximum atomic E-state index is 12.2. The third-order valence-corrected chi connectivity index (χ3v) is 4.01. The number of nitrogens with one attached hydrogen (secondary N) is 1. The fraction of sp³-hybridized carbons (Fsp3) is 0.143. The van der Waals surface area contributed by atoms with Gasteiger partial charge in [-0.15, -0.1) is 10.2 Å². The van der Waals surface area contributed by atoms with Gasteiger partial charge in [-0.25, -0.2) is 0 Å². The van der Waals surface area contributed by atoms with Crippen LogP contribution in [0.25, 0.3) is 22.2 Å². The molecule has 8 heteroatoms. The summed E-state index contributed by atoms with van der Waals surface area (Å²) in [6, 6.07) is 7.69. The minimum absolute atomic E-state index is 0.182. The van der Waals surface area contributed by atoms with Crippen LogP contribution in [0.5, 0.6) is 0 Å². The number of hydrogen-bond donors (Lipinski definition) is 2. The molecule has 0 spiro atoms. The Hall–Kier alpha value is -2.61. The van der Waals surface area contributed by atoms with Crippen molar-refractivity contribution in [3.63, 3.8) is 0 Å². The van der Waals surface area contributed by atoms with Gasteiger partial charge in [0.1, 0.15) is 0 Å². The molecular weight excluding hydrogens is 304 g/mol. The first-order chi connectivity index (χ1) is 10.6. The van der Waals surface area contributed by atoms with Crippen molar-refractivity contribution in [2.75, 3.05) is 5.75 Å². The number of carbonyl (C=O) groups is 1. The van der Waals surface area contributed by atoms with E-state index in [0.29, 0.717) is 5.56 Å². The Kier molecular flexibility index (Phi) is 3.68. The second-order valence-electron chi connectivity index (χ2n) is 4.66. The molecule has 2 N–H and O–H groups in total. The highest BCUT2D eigenvalue weighted by Crippen LogP contribution is 2.26. The van der Waals surface area contributed by atoms with E-state index in [1.807, 2.05) is 42.1 Å². The van der Waals surface area contributed by atoms with Crippen molar-refractivity contribution in [3.05, 3.63) is 40.8 Å². The van der Waals surface area contributed by atoms with Crippen molar-refractivity contribution < 1.29 is 9.90 Å². The smallest absolute Gasteiger partial charge is 0.313 e. The predicted octanol–water partition coefficient (Wildman–Crippen LogP) is 1.50. The molecule has 0 amide bonds. The molecule has 0 aliphatic heterocycles. The number of benzene rings is 1. The lowest BCUT2D eigenvalue weighted by molar-refractivity contribution is -0.133. The average Bonchev–Trinajstić information content (AvgIpc) is 2.83. The highest BCUT2D eigenvalue weighted by Gasteiger charge is 2.14. The second kappa shape index (κ2) is 5.64. The number of aromatic nitrogens is 4. The van der Waals surface area contributed by atoms with E-state index in [-0.39, 0.29) is 22.2 Å². The molecule has 22 heavy (non-hydrogen) atoms. The van der Waals surface area contributed by atoms with Crippen LogP contribution in [0.4, 0.5) is 0 Å². The molecule has 3 rings (SSSR count). The van der Waals surface area contributed by atoms with Gasteiger partial charge in [0.2, 0.25) is 0 Å². The molecule has 3 aromatic rings. The summed E-state index contributed by atoms with van der Waals surface area (Å²) in [4.78, 5) is 25.3. The molecule has 7 nitrogen and oxygen atoms in total. The monoisotopic (exact) mass is 316 g/mol. The number of aromatic amines is 1. The highest BCUT2D eigenvalue weighted by atomic mass is 32.2. The molecule has 112 valence electrons. The van der Waals surface area contributed by atoms with E-state index in [0.717, 1.165) is 22.7 Å². The largest absolute Gasteiger partial charge is 0.481 e. The van der Waals surface area contributed by atoms with E-state index in [4.69, 9.17) is 5.11 Å². The highest BCUT2D eigenvalue weighted by molar-refractivity contribution is 7.99.